The van der Waals surface area contributed by atoms with Gasteiger partial charge in [-0.3, -0.25) is 24.1 Å². The summed E-state index contributed by atoms with van der Waals surface area (Å²) in [5, 5.41) is 10.3. The Hall–Kier alpha value is -3.23. The lowest BCUT2D eigenvalue weighted by atomic mass is 9.56. The molecular weight excluding hydrogens is 522 g/mol. The van der Waals surface area contributed by atoms with E-state index >= 15 is 0 Å². The highest BCUT2D eigenvalue weighted by molar-refractivity contribution is 6.58. The number of allylic oxidation sites excluding steroid dienone is 2. The summed E-state index contributed by atoms with van der Waals surface area (Å²) in [6.07, 6.45) is 1.95. The van der Waals surface area contributed by atoms with Crippen molar-refractivity contribution in [3.63, 3.8) is 0 Å². The van der Waals surface area contributed by atoms with E-state index in [-0.39, 0.29) is 36.1 Å². The molecule has 6 unspecified atom stereocenters. The monoisotopic (exact) mass is 542 g/mol. The average molecular weight is 543 g/mol. The van der Waals surface area contributed by atoms with Gasteiger partial charge in [0.1, 0.15) is 11.6 Å². The molecule has 0 radical (unpaired) electrons. The van der Waals surface area contributed by atoms with Gasteiger partial charge in [-0.05, 0) is 60.7 Å². The molecule has 2 aromatic rings. The number of rotatable bonds is 2. The number of amides is 4. The molecule has 2 heterocycles. The van der Waals surface area contributed by atoms with Gasteiger partial charge in [0.2, 0.25) is 11.8 Å². The highest BCUT2D eigenvalue weighted by Crippen LogP contribution is 2.65. The molecule has 190 valence electrons. The lowest BCUT2D eigenvalue weighted by molar-refractivity contribution is -0.138. The van der Waals surface area contributed by atoms with Crippen molar-refractivity contribution in [1.82, 2.24) is 4.90 Å². The number of hydrogen-bond donors (Lipinski definition) is 1. The Balaban J connectivity index is 1.57. The minimum absolute atomic E-state index is 0.0756. The van der Waals surface area contributed by atoms with Crippen molar-refractivity contribution in [1.29, 1.82) is 0 Å². The van der Waals surface area contributed by atoms with Crippen molar-refractivity contribution in [3.8, 4) is 5.75 Å². The predicted octanol–water partition coefficient (Wildman–Crippen LogP) is 3.72. The lowest BCUT2D eigenvalue weighted by Gasteiger charge is -2.50. The first-order chi connectivity index (χ1) is 17.5. The second-order valence-corrected chi connectivity index (χ2v) is 11.3. The van der Waals surface area contributed by atoms with Crippen LogP contribution in [-0.2, 0) is 19.2 Å². The molecule has 37 heavy (non-hydrogen) atoms. The third-order valence-electron chi connectivity index (χ3n) is 8.32. The third kappa shape index (κ3) is 3.00. The number of fused-ring (bicyclic) bond motifs is 4. The van der Waals surface area contributed by atoms with Crippen LogP contribution in [0.2, 0.25) is 0 Å². The van der Waals surface area contributed by atoms with Crippen LogP contribution in [0.4, 0.5) is 10.1 Å². The number of aromatic hydroxyl groups is 1. The fourth-order valence-corrected chi connectivity index (χ4v) is 7.57. The van der Waals surface area contributed by atoms with E-state index in [1.165, 1.54) is 31.3 Å². The van der Waals surface area contributed by atoms with Gasteiger partial charge in [0.25, 0.3) is 11.8 Å². The van der Waals surface area contributed by atoms with Crippen LogP contribution in [0.1, 0.15) is 24.3 Å². The number of alkyl halides is 2. The summed E-state index contributed by atoms with van der Waals surface area (Å²) in [6, 6.07) is 11.0. The van der Waals surface area contributed by atoms with E-state index in [9.17, 15) is 28.7 Å². The highest BCUT2D eigenvalue weighted by atomic mass is 35.5. The van der Waals surface area contributed by atoms with E-state index in [0.29, 0.717) is 11.1 Å². The summed E-state index contributed by atoms with van der Waals surface area (Å²) in [6.45, 7) is 0. The molecule has 6 atom stereocenters. The zero-order chi connectivity index (χ0) is 26.4. The van der Waals surface area contributed by atoms with Gasteiger partial charge < -0.3 is 5.11 Å². The van der Waals surface area contributed by atoms with Gasteiger partial charge in [0, 0.05) is 13.0 Å². The summed E-state index contributed by atoms with van der Waals surface area (Å²) >= 11 is 14.4. The predicted molar refractivity (Wildman–Crippen MR) is 132 cm³/mol. The van der Waals surface area contributed by atoms with Crippen LogP contribution in [-0.4, -0.2) is 50.4 Å². The molecular formula is C27H21Cl2FN2O5. The quantitative estimate of drug-likeness (QED) is 0.354. The molecule has 4 aliphatic rings. The third-order valence-corrected chi connectivity index (χ3v) is 9.73. The van der Waals surface area contributed by atoms with Gasteiger partial charge in [-0.15, -0.1) is 23.2 Å². The van der Waals surface area contributed by atoms with Crippen LogP contribution in [0.25, 0.3) is 0 Å². The van der Waals surface area contributed by atoms with Crippen molar-refractivity contribution < 1.29 is 28.7 Å². The van der Waals surface area contributed by atoms with Crippen LogP contribution in [0, 0.1) is 23.6 Å². The number of phenols is 1. The zero-order valence-electron chi connectivity index (χ0n) is 19.5. The number of likely N-dealkylation sites (tertiary alicyclic amines) is 1. The molecule has 3 fully saturated rings. The molecule has 0 aromatic heterocycles. The Morgan fingerprint density at radius 1 is 0.973 bits per heavy atom. The number of nitrogens with zero attached hydrogens (tertiary/aromatic N) is 2. The molecule has 2 saturated heterocycles. The maximum Gasteiger partial charge on any atom is 0.258 e. The number of hydrogen-bond acceptors (Lipinski definition) is 5. The van der Waals surface area contributed by atoms with Crippen molar-refractivity contribution in [2.45, 2.75) is 28.5 Å². The van der Waals surface area contributed by atoms with E-state index in [0.717, 1.165) is 21.9 Å². The van der Waals surface area contributed by atoms with Gasteiger partial charge in [-0.1, -0.05) is 23.8 Å². The fourth-order valence-electron chi connectivity index (χ4n) is 6.63. The normalized spacial score (nSPS) is 34.9. The first-order valence-corrected chi connectivity index (χ1v) is 12.6. The topological polar surface area (TPSA) is 95.0 Å². The van der Waals surface area contributed by atoms with Crippen LogP contribution >= 0.6 is 23.2 Å². The lowest BCUT2D eigenvalue weighted by Crippen LogP contribution is -2.60. The largest absolute Gasteiger partial charge is 0.508 e. The van der Waals surface area contributed by atoms with Gasteiger partial charge in [-0.25, -0.2) is 9.29 Å². The smallest absolute Gasteiger partial charge is 0.258 e. The molecule has 4 amide bonds. The van der Waals surface area contributed by atoms with E-state index in [2.05, 4.69) is 0 Å². The van der Waals surface area contributed by atoms with Crippen molar-refractivity contribution in [2.24, 2.45) is 17.8 Å². The maximum atomic E-state index is 14.1. The molecule has 1 N–H and O–H groups in total. The van der Waals surface area contributed by atoms with E-state index in [1.807, 2.05) is 6.08 Å². The number of carbonyl (C=O) groups is 4. The molecule has 7 nitrogen and oxygen atoms in total. The second kappa shape index (κ2) is 7.88. The highest BCUT2D eigenvalue weighted by Gasteiger charge is 2.76. The van der Waals surface area contributed by atoms with Gasteiger partial charge in [0.15, 0.2) is 9.75 Å². The van der Waals surface area contributed by atoms with Crippen molar-refractivity contribution >= 4 is 52.5 Å². The van der Waals surface area contributed by atoms with E-state index in [4.69, 9.17) is 23.2 Å². The average Bonchev–Trinajstić information content (AvgIpc) is 3.18. The van der Waals surface area contributed by atoms with Gasteiger partial charge in [0.05, 0.1) is 17.5 Å². The van der Waals surface area contributed by atoms with Crippen LogP contribution in [0.3, 0.4) is 0 Å². The summed E-state index contributed by atoms with van der Waals surface area (Å²) in [5.74, 6) is -5.81. The number of benzene rings is 2. The number of phenolic OH excluding ortho intramolecular Hbond substituents is 1. The molecule has 1 saturated carbocycles. The second-order valence-electron chi connectivity index (χ2n) is 10.1. The van der Waals surface area contributed by atoms with Crippen LogP contribution < -0.4 is 4.90 Å². The Bertz CT molecular complexity index is 1430. The Kier molecular flexibility index (Phi) is 5.14. The summed E-state index contributed by atoms with van der Waals surface area (Å²) < 4.78 is 13.6. The Labute approximate surface area is 221 Å². The van der Waals surface area contributed by atoms with Crippen LogP contribution in [0.5, 0.6) is 5.75 Å². The summed E-state index contributed by atoms with van der Waals surface area (Å²) in [4.78, 5) is 52.0. The number of imide groups is 2. The number of anilines is 1. The molecule has 0 bridgehead atoms. The van der Waals surface area contributed by atoms with E-state index in [1.54, 1.807) is 12.1 Å². The molecule has 6 rings (SSSR count). The Morgan fingerprint density at radius 3 is 2.35 bits per heavy atom. The van der Waals surface area contributed by atoms with E-state index < -0.39 is 51.1 Å². The van der Waals surface area contributed by atoms with Crippen molar-refractivity contribution in [3.05, 3.63) is 71.6 Å². The molecule has 2 aromatic carbocycles. The molecule has 0 spiro atoms. The SMILES string of the molecule is CN1C(=O)C2CC=C3C(CC4(Cl)C(=O)N(c5ccc(F)cc5)C(=O)C4(Cl)C3c3cccc(O)c3)C2C1=O. The number of halogens is 3. The molecule has 10 heteroatoms. The summed E-state index contributed by atoms with van der Waals surface area (Å²) in [7, 11) is 1.43. The minimum Gasteiger partial charge on any atom is -0.508 e. The number of carbonyl (C=O) groups excluding carboxylic acids is 4. The standard InChI is InChI=1S/C27H21Cl2FN2O5/c1-31-22(34)18-10-9-17-19(20(18)23(31)35)12-26(28)24(36)32(15-7-5-14(30)6-8-15)25(37)27(26,29)21(17)13-3-2-4-16(33)11-13/h2-9,11,18-21,33H,10,12H2,1H3. The minimum atomic E-state index is -2.01. The first-order valence-electron chi connectivity index (χ1n) is 11.8. The van der Waals surface area contributed by atoms with Crippen molar-refractivity contribution in [2.75, 3.05) is 11.9 Å². The van der Waals surface area contributed by atoms with Gasteiger partial charge >= 0.3 is 0 Å². The van der Waals surface area contributed by atoms with Gasteiger partial charge in [-0.2, -0.15) is 0 Å². The van der Waals surface area contributed by atoms with Crippen LogP contribution in [0.15, 0.2) is 60.2 Å². The maximum absolute atomic E-state index is 14.1. The zero-order valence-corrected chi connectivity index (χ0v) is 21.0. The molecule has 2 aliphatic heterocycles. The summed E-state index contributed by atoms with van der Waals surface area (Å²) in [5.41, 5.74) is 1.19. The first kappa shape index (κ1) is 24.1. The fraction of sp³-hybridized carbons (Fsp3) is 0.333. The molecule has 2 aliphatic carbocycles. The Morgan fingerprint density at radius 2 is 1.68 bits per heavy atom.